The molecule has 7 nitrogen and oxygen atoms in total. The van der Waals surface area contributed by atoms with Crippen LogP contribution < -0.4 is 9.80 Å². The van der Waals surface area contributed by atoms with Crippen molar-refractivity contribution >= 4 is 17.2 Å². The molecule has 1 fully saturated rings. The number of hydrogen-bond donors (Lipinski definition) is 0. The van der Waals surface area contributed by atoms with Gasteiger partial charge in [-0.3, -0.25) is 10.1 Å². The minimum atomic E-state index is -0.297. The number of nitrogens with zero attached hydrogens (tertiary/aromatic N) is 5. The van der Waals surface area contributed by atoms with Crippen molar-refractivity contribution in [2.75, 3.05) is 36.0 Å². The lowest BCUT2D eigenvalue weighted by molar-refractivity contribution is -0.384. The fourth-order valence-electron chi connectivity index (χ4n) is 3.42. The zero-order valence-electron chi connectivity index (χ0n) is 14.4. The van der Waals surface area contributed by atoms with E-state index in [9.17, 15) is 10.1 Å². The van der Waals surface area contributed by atoms with E-state index in [0.717, 1.165) is 26.2 Å². The predicted octanol–water partition coefficient (Wildman–Crippen LogP) is 2.53. The molecule has 3 rings (SSSR count). The molecule has 0 spiro atoms. The van der Waals surface area contributed by atoms with Gasteiger partial charge in [-0.2, -0.15) is 5.10 Å². The van der Waals surface area contributed by atoms with Crippen LogP contribution in [0.15, 0.2) is 24.3 Å². The first-order chi connectivity index (χ1) is 11.5. The molecule has 0 unspecified atom stereocenters. The third-order valence-corrected chi connectivity index (χ3v) is 4.62. The number of benzene rings is 1. The minimum Gasteiger partial charge on any atom is -0.368 e. The van der Waals surface area contributed by atoms with Gasteiger partial charge < -0.3 is 9.80 Å². The van der Waals surface area contributed by atoms with Gasteiger partial charge in [0, 0.05) is 38.9 Å². The summed E-state index contributed by atoms with van der Waals surface area (Å²) in [5.41, 5.74) is 3.21. The van der Waals surface area contributed by atoms with Gasteiger partial charge in [-0.25, -0.2) is 4.68 Å². The number of aromatic nitrogens is 2. The van der Waals surface area contributed by atoms with E-state index >= 15 is 0 Å². The molecule has 7 heteroatoms. The summed E-state index contributed by atoms with van der Waals surface area (Å²) in [5.74, 6) is 0.626. The van der Waals surface area contributed by atoms with Crippen molar-refractivity contribution < 1.29 is 4.92 Å². The molecule has 1 aliphatic heterocycles. The van der Waals surface area contributed by atoms with E-state index in [1.807, 2.05) is 19.1 Å². The van der Waals surface area contributed by atoms with Crippen molar-refractivity contribution in [1.29, 1.82) is 0 Å². The Morgan fingerprint density at radius 3 is 2.38 bits per heavy atom. The van der Waals surface area contributed by atoms with Crippen LogP contribution in [0.3, 0.4) is 0 Å². The van der Waals surface area contributed by atoms with Gasteiger partial charge >= 0.3 is 5.69 Å². The van der Waals surface area contributed by atoms with Crippen molar-refractivity contribution in [3.8, 4) is 0 Å². The second-order valence-electron chi connectivity index (χ2n) is 6.11. The second-order valence-corrected chi connectivity index (χ2v) is 6.11. The Bertz CT molecular complexity index is 747. The molecule has 1 aliphatic rings. The van der Waals surface area contributed by atoms with Gasteiger partial charge in [-0.1, -0.05) is 25.1 Å². The van der Waals surface area contributed by atoms with Crippen LogP contribution >= 0.6 is 0 Å². The first-order valence-electron chi connectivity index (χ1n) is 8.28. The molecule has 0 aliphatic carbocycles. The fourth-order valence-corrected chi connectivity index (χ4v) is 3.42. The van der Waals surface area contributed by atoms with Gasteiger partial charge in [-0.05, 0) is 25.0 Å². The summed E-state index contributed by atoms with van der Waals surface area (Å²) in [6.45, 7) is 7.19. The minimum absolute atomic E-state index is 0.157. The molecule has 0 atom stereocenters. The summed E-state index contributed by atoms with van der Waals surface area (Å²) in [6.07, 6.45) is 0.563. The number of anilines is 2. The van der Waals surface area contributed by atoms with Crippen molar-refractivity contribution in [3.05, 3.63) is 45.6 Å². The van der Waals surface area contributed by atoms with E-state index in [-0.39, 0.29) is 10.6 Å². The van der Waals surface area contributed by atoms with Crippen LogP contribution in [0.25, 0.3) is 0 Å². The van der Waals surface area contributed by atoms with E-state index in [1.54, 1.807) is 11.7 Å². The normalized spacial score (nSPS) is 15.0. The average molecular weight is 329 g/mol. The predicted molar refractivity (Wildman–Crippen MR) is 94.8 cm³/mol. The summed E-state index contributed by atoms with van der Waals surface area (Å²) in [7, 11) is 1.79. The Balaban J connectivity index is 1.82. The number of aryl methyl sites for hydroxylation is 3. The van der Waals surface area contributed by atoms with Crippen LogP contribution in [0.5, 0.6) is 0 Å². The molecule has 0 N–H and O–H groups in total. The molecule has 0 saturated carbocycles. The zero-order valence-corrected chi connectivity index (χ0v) is 14.4. The quantitative estimate of drug-likeness (QED) is 0.637. The van der Waals surface area contributed by atoms with Crippen molar-refractivity contribution in [2.24, 2.45) is 7.05 Å². The fraction of sp³-hybridized carbons (Fsp3) is 0.471. The van der Waals surface area contributed by atoms with E-state index < -0.39 is 0 Å². The Morgan fingerprint density at radius 2 is 1.79 bits per heavy atom. The lowest BCUT2D eigenvalue weighted by Gasteiger charge is -2.37. The Labute approximate surface area is 141 Å². The highest BCUT2D eigenvalue weighted by atomic mass is 16.6. The van der Waals surface area contributed by atoms with Gasteiger partial charge in [0.2, 0.25) is 5.82 Å². The second kappa shape index (κ2) is 6.51. The van der Waals surface area contributed by atoms with Gasteiger partial charge in [0.1, 0.15) is 5.69 Å². The number of rotatable bonds is 4. The monoisotopic (exact) mass is 329 g/mol. The first kappa shape index (κ1) is 16.3. The first-order valence-corrected chi connectivity index (χ1v) is 8.28. The van der Waals surface area contributed by atoms with Crippen molar-refractivity contribution in [2.45, 2.75) is 20.3 Å². The molecule has 1 aromatic heterocycles. The van der Waals surface area contributed by atoms with Crippen molar-refractivity contribution in [1.82, 2.24) is 9.78 Å². The molecule has 0 bridgehead atoms. The van der Waals surface area contributed by atoms with Crippen LogP contribution in [-0.4, -0.2) is 40.9 Å². The molecular formula is C17H23N5O2. The van der Waals surface area contributed by atoms with Gasteiger partial charge in [0.05, 0.1) is 4.92 Å². The van der Waals surface area contributed by atoms with Crippen LogP contribution in [-0.2, 0) is 13.5 Å². The molecule has 0 amide bonds. The van der Waals surface area contributed by atoms with Crippen molar-refractivity contribution in [3.63, 3.8) is 0 Å². The molecule has 0 radical (unpaired) electrons. The van der Waals surface area contributed by atoms with E-state index in [1.165, 1.54) is 11.3 Å². The number of hydrogen-bond acceptors (Lipinski definition) is 5. The van der Waals surface area contributed by atoms with Gasteiger partial charge in [0.15, 0.2) is 0 Å². The standard InChI is InChI=1S/C17H23N5O2/c1-4-14-16(22(23)24)17(19(3)18-14)21-11-9-20(10-12-21)15-8-6-5-7-13(15)2/h5-8H,4,9-12H2,1-3H3. The number of para-hydroxylation sites is 1. The third-order valence-electron chi connectivity index (χ3n) is 4.62. The largest absolute Gasteiger partial charge is 0.368 e. The van der Waals surface area contributed by atoms with Gasteiger partial charge in [-0.15, -0.1) is 0 Å². The summed E-state index contributed by atoms with van der Waals surface area (Å²) < 4.78 is 1.65. The number of piperazine rings is 1. The highest BCUT2D eigenvalue weighted by Crippen LogP contribution is 2.33. The molecule has 128 valence electrons. The molecule has 2 aromatic rings. The maximum Gasteiger partial charge on any atom is 0.334 e. The molecule has 2 heterocycles. The topological polar surface area (TPSA) is 67.4 Å². The van der Waals surface area contributed by atoms with Crippen LogP contribution in [0.1, 0.15) is 18.2 Å². The van der Waals surface area contributed by atoms with Crippen LogP contribution in [0.2, 0.25) is 0 Å². The molecular weight excluding hydrogens is 306 g/mol. The number of nitro groups is 1. The van der Waals surface area contributed by atoms with Crippen LogP contribution in [0.4, 0.5) is 17.2 Å². The average Bonchev–Trinajstić information content (AvgIpc) is 2.92. The maximum atomic E-state index is 11.5. The van der Waals surface area contributed by atoms with E-state index in [4.69, 9.17) is 0 Å². The maximum absolute atomic E-state index is 11.5. The molecule has 1 aromatic carbocycles. The van der Waals surface area contributed by atoms with E-state index in [2.05, 4.69) is 34.0 Å². The Hall–Kier alpha value is -2.57. The lowest BCUT2D eigenvalue weighted by Crippen LogP contribution is -2.47. The third kappa shape index (κ3) is 2.81. The Morgan fingerprint density at radius 1 is 1.17 bits per heavy atom. The summed E-state index contributed by atoms with van der Waals surface area (Å²) in [6, 6.07) is 8.34. The summed E-state index contributed by atoms with van der Waals surface area (Å²) in [5, 5.41) is 15.8. The highest BCUT2D eigenvalue weighted by molar-refractivity contribution is 5.63. The highest BCUT2D eigenvalue weighted by Gasteiger charge is 2.31. The molecule has 1 saturated heterocycles. The smallest absolute Gasteiger partial charge is 0.334 e. The lowest BCUT2D eigenvalue weighted by atomic mass is 10.1. The zero-order chi connectivity index (χ0) is 17.3. The summed E-state index contributed by atoms with van der Waals surface area (Å²) in [4.78, 5) is 15.6. The van der Waals surface area contributed by atoms with Gasteiger partial charge in [0.25, 0.3) is 0 Å². The summed E-state index contributed by atoms with van der Waals surface area (Å²) >= 11 is 0. The SMILES string of the molecule is CCc1nn(C)c(N2CCN(c3ccccc3C)CC2)c1[N+](=O)[O-]. The molecule has 24 heavy (non-hydrogen) atoms. The van der Waals surface area contributed by atoms with E-state index in [0.29, 0.717) is 17.9 Å². The Kier molecular flexibility index (Phi) is 4.42. The van der Waals surface area contributed by atoms with Crippen LogP contribution in [0, 0.1) is 17.0 Å².